The minimum Gasteiger partial charge on any atom is -0.345 e. The lowest BCUT2D eigenvalue weighted by Gasteiger charge is -2.22. The van der Waals surface area contributed by atoms with Gasteiger partial charge in [-0.3, -0.25) is 14.9 Å². The average molecular weight is 352 g/mol. The second-order valence-electron chi connectivity index (χ2n) is 6.88. The predicted molar refractivity (Wildman–Crippen MR) is 101 cm³/mol. The number of benzene rings is 2. The van der Waals surface area contributed by atoms with E-state index in [9.17, 15) is 14.9 Å². The molecule has 1 atom stereocenters. The molecule has 0 spiro atoms. The SMILES string of the molecule is CC[C@H](NC(=O)c1cccc([N+](=O)[O-])c1C)c1ccc2c(c1)CCCC2. The number of nitrogens with one attached hydrogen (secondary N) is 1. The molecule has 5 heteroatoms. The van der Waals surface area contributed by atoms with E-state index < -0.39 is 4.92 Å². The lowest BCUT2D eigenvalue weighted by Crippen LogP contribution is -2.29. The van der Waals surface area contributed by atoms with Crippen LogP contribution in [0.15, 0.2) is 36.4 Å². The Hall–Kier alpha value is -2.69. The van der Waals surface area contributed by atoms with Crippen molar-refractivity contribution in [2.75, 3.05) is 0 Å². The summed E-state index contributed by atoms with van der Waals surface area (Å²) in [6.07, 6.45) is 5.44. The number of fused-ring (bicyclic) bond motifs is 1. The maximum atomic E-state index is 12.7. The van der Waals surface area contributed by atoms with Crippen LogP contribution in [0.5, 0.6) is 0 Å². The van der Waals surface area contributed by atoms with Crippen LogP contribution in [0.2, 0.25) is 0 Å². The zero-order valence-corrected chi connectivity index (χ0v) is 15.2. The molecule has 2 aromatic rings. The van der Waals surface area contributed by atoms with Crippen molar-refractivity contribution in [3.05, 3.63) is 74.3 Å². The number of hydrogen-bond acceptors (Lipinski definition) is 3. The highest BCUT2D eigenvalue weighted by Crippen LogP contribution is 2.27. The minimum absolute atomic E-state index is 0.0283. The number of aryl methyl sites for hydroxylation is 2. The van der Waals surface area contributed by atoms with Gasteiger partial charge < -0.3 is 5.32 Å². The normalized spacial score (nSPS) is 14.4. The third-order valence-corrected chi connectivity index (χ3v) is 5.24. The van der Waals surface area contributed by atoms with Crippen molar-refractivity contribution in [3.8, 4) is 0 Å². The van der Waals surface area contributed by atoms with E-state index >= 15 is 0 Å². The van der Waals surface area contributed by atoms with Gasteiger partial charge in [-0.15, -0.1) is 0 Å². The molecule has 0 aliphatic heterocycles. The fourth-order valence-corrected chi connectivity index (χ4v) is 3.69. The summed E-state index contributed by atoms with van der Waals surface area (Å²) in [6, 6.07) is 11.0. The van der Waals surface area contributed by atoms with Gasteiger partial charge in [-0.2, -0.15) is 0 Å². The van der Waals surface area contributed by atoms with Gasteiger partial charge in [-0.1, -0.05) is 31.2 Å². The monoisotopic (exact) mass is 352 g/mol. The molecule has 0 aromatic heterocycles. The number of nitro benzene ring substituents is 1. The molecule has 0 saturated heterocycles. The van der Waals surface area contributed by atoms with Gasteiger partial charge in [0.05, 0.1) is 11.0 Å². The number of hydrogen-bond donors (Lipinski definition) is 1. The number of rotatable bonds is 5. The van der Waals surface area contributed by atoms with Crippen LogP contribution in [-0.2, 0) is 12.8 Å². The van der Waals surface area contributed by atoms with E-state index in [0.717, 1.165) is 24.8 Å². The molecule has 3 rings (SSSR count). The van der Waals surface area contributed by atoms with Gasteiger partial charge in [-0.05, 0) is 61.8 Å². The first kappa shape index (κ1) is 18.1. The topological polar surface area (TPSA) is 72.2 Å². The van der Waals surface area contributed by atoms with Crippen molar-refractivity contribution in [1.82, 2.24) is 5.32 Å². The third kappa shape index (κ3) is 3.62. The number of nitro groups is 1. The Morgan fingerprint density at radius 2 is 1.92 bits per heavy atom. The van der Waals surface area contributed by atoms with E-state index in [1.165, 1.54) is 30.0 Å². The number of carbonyl (C=O) groups excluding carboxylic acids is 1. The highest BCUT2D eigenvalue weighted by atomic mass is 16.6. The molecule has 136 valence electrons. The Balaban J connectivity index is 1.83. The highest BCUT2D eigenvalue weighted by Gasteiger charge is 2.21. The predicted octanol–water partition coefficient (Wildman–Crippen LogP) is 4.66. The minimum atomic E-state index is -0.451. The molecule has 5 nitrogen and oxygen atoms in total. The zero-order chi connectivity index (χ0) is 18.7. The van der Waals surface area contributed by atoms with Crippen molar-refractivity contribution in [1.29, 1.82) is 0 Å². The van der Waals surface area contributed by atoms with Gasteiger partial charge in [0.25, 0.3) is 11.6 Å². The van der Waals surface area contributed by atoms with Crippen molar-refractivity contribution in [2.24, 2.45) is 0 Å². The molecule has 26 heavy (non-hydrogen) atoms. The second kappa shape index (κ2) is 7.68. The summed E-state index contributed by atoms with van der Waals surface area (Å²) in [6.45, 7) is 3.65. The summed E-state index contributed by atoms with van der Waals surface area (Å²) in [7, 11) is 0. The molecule has 1 N–H and O–H groups in total. The van der Waals surface area contributed by atoms with Gasteiger partial charge >= 0.3 is 0 Å². The van der Waals surface area contributed by atoms with E-state index in [-0.39, 0.29) is 17.6 Å². The maximum Gasteiger partial charge on any atom is 0.273 e. The van der Waals surface area contributed by atoms with Gasteiger partial charge in [0.2, 0.25) is 0 Å². The Kier molecular flexibility index (Phi) is 5.35. The number of amides is 1. The molecule has 1 aliphatic rings. The largest absolute Gasteiger partial charge is 0.345 e. The quantitative estimate of drug-likeness (QED) is 0.628. The first-order chi connectivity index (χ1) is 12.5. The summed E-state index contributed by atoms with van der Waals surface area (Å²) in [5.41, 5.74) is 4.62. The van der Waals surface area contributed by atoms with Crippen molar-refractivity contribution in [3.63, 3.8) is 0 Å². The van der Waals surface area contributed by atoms with Crippen LogP contribution in [0.4, 0.5) is 5.69 Å². The van der Waals surface area contributed by atoms with Crippen LogP contribution >= 0.6 is 0 Å². The average Bonchev–Trinajstić information content (AvgIpc) is 2.65. The third-order valence-electron chi connectivity index (χ3n) is 5.24. The molecule has 0 saturated carbocycles. The summed E-state index contributed by atoms with van der Waals surface area (Å²) in [5.74, 6) is -0.268. The first-order valence-corrected chi connectivity index (χ1v) is 9.17. The molecular weight excluding hydrogens is 328 g/mol. The first-order valence-electron chi connectivity index (χ1n) is 9.17. The van der Waals surface area contributed by atoms with Gasteiger partial charge in [-0.25, -0.2) is 0 Å². The fourth-order valence-electron chi connectivity index (χ4n) is 3.69. The Morgan fingerprint density at radius 3 is 2.62 bits per heavy atom. The summed E-state index contributed by atoms with van der Waals surface area (Å²) >= 11 is 0. The van der Waals surface area contributed by atoms with Crippen molar-refractivity contribution >= 4 is 11.6 Å². The number of carbonyl (C=O) groups is 1. The van der Waals surface area contributed by atoms with Crippen LogP contribution in [0.1, 0.15) is 64.8 Å². The van der Waals surface area contributed by atoms with Crippen molar-refractivity contribution in [2.45, 2.75) is 52.0 Å². The zero-order valence-electron chi connectivity index (χ0n) is 15.2. The lowest BCUT2D eigenvalue weighted by molar-refractivity contribution is -0.385. The van der Waals surface area contributed by atoms with E-state index in [2.05, 4.69) is 23.5 Å². The molecule has 1 aliphatic carbocycles. The summed E-state index contributed by atoms with van der Waals surface area (Å²) < 4.78 is 0. The van der Waals surface area contributed by atoms with Crippen molar-refractivity contribution < 1.29 is 9.72 Å². The second-order valence-corrected chi connectivity index (χ2v) is 6.88. The van der Waals surface area contributed by atoms with E-state index in [4.69, 9.17) is 0 Å². The van der Waals surface area contributed by atoms with E-state index in [0.29, 0.717) is 11.1 Å². The standard InChI is InChI=1S/C21H24N2O3/c1-3-19(17-12-11-15-7-4-5-8-16(15)13-17)22-21(24)18-9-6-10-20(14(18)2)23(25)26/h6,9-13,19H,3-5,7-8H2,1-2H3,(H,22,24)/t19-/m0/s1. The summed E-state index contributed by atoms with van der Waals surface area (Å²) in [4.78, 5) is 23.4. The fraction of sp³-hybridized carbons (Fsp3) is 0.381. The summed E-state index contributed by atoms with van der Waals surface area (Å²) in [5, 5.41) is 14.2. The van der Waals surface area contributed by atoms with Gasteiger partial charge in [0.1, 0.15) is 0 Å². The van der Waals surface area contributed by atoms with Crippen LogP contribution in [0.25, 0.3) is 0 Å². The lowest BCUT2D eigenvalue weighted by atomic mass is 9.88. The molecular formula is C21H24N2O3. The molecule has 0 bridgehead atoms. The highest BCUT2D eigenvalue weighted by molar-refractivity contribution is 5.96. The van der Waals surface area contributed by atoms with Crippen LogP contribution in [0.3, 0.4) is 0 Å². The molecule has 0 unspecified atom stereocenters. The van der Waals surface area contributed by atoms with Gasteiger partial charge in [0.15, 0.2) is 0 Å². The van der Waals surface area contributed by atoms with E-state index in [1.54, 1.807) is 19.1 Å². The maximum absolute atomic E-state index is 12.7. The van der Waals surface area contributed by atoms with Crippen LogP contribution < -0.4 is 5.32 Å². The Morgan fingerprint density at radius 1 is 1.19 bits per heavy atom. The Bertz CT molecular complexity index is 845. The van der Waals surface area contributed by atoms with Gasteiger partial charge in [0, 0.05) is 17.2 Å². The smallest absolute Gasteiger partial charge is 0.273 e. The van der Waals surface area contributed by atoms with Crippen LogP contribution in [0, 0.1) is 17.0 Å². The molecule has 0 radical (unpaired) electrons. The van der Waals surface area contributed by atoms with Crippen LogP contribution in [-0.4, -0.2) is 10.8 Å². The molecule has 0 heterocycles. The molecule has 0 fully saturated rings. The Labute approximate surface area is 153 Å². The molecule has 2 aromatic carbocycles. The number of nitrogens with zero attached hydrogens (tertiary/aromatic N) is 1. The molecule has 1 amide bonds. The van der Waals surface area contributed by atoms with E-state index in [1.807, 2.05) is 6.92 Å².